The summed E-state index contributed by atoms with van der Waals surface area (Å²) in [6, 6.07) is 15.8. The van der Waals surface area contributed by atoms with Gasteiger partial charge < -0.3 is 5.32 Å². The molecule has 2 aromatic carbocycles. The molecule has 0 amide bonds. The highest BCUT2D eigenvalue weighted by Gasteiger charge is 2.12. The summed E-state index contributed by atoms with van der Waals surface area (Å²) in [5.74, 6) is 0. The van der Waals surface area contributed by atoms with E-state index in [1.165, 1.54) is 27.8 Å². The van der Waals surface area contributed by atoms with E-state index in [1.54, 1.807) is 0 Å². The van der Waals surface area contributed by atoms with E-state index in [2.05, 4.69) is 68.6 Å². The van der Waals surface area contributed by atoms with Crippen molar-refractivity contribution in [1.82, 2.24) is 5.32 Å². The van der Waals surface area contributed by atoms with Crippen molar-refractivity contribution < 1.29 is 0 Å². The zero-order chi connectivity index (χ0) is 13.8. The third-order valence-electron chi connectivity index (χ3n) is 3.85. The first kappa shape index (κ1) is 13.8. The summed E-state index contributed by atoms with van der Waals surface area (Å²) in [6.07, 6.45) is 1.08. The summed E-state index contributed by atoms with van der Waals surface area (Å²) in [6.45, 7) is 6.53. The van der Waals surface area contributed by atoms with Gasteiger partial charge in [-0.1, -0.05) is 49.4 Å². The molecule has 0 aromatic heterocycles. The minimum absolute atomic E-state index is 0.269. The number of rotatable bonds is 4. The predicted octanol–water partition coefficient (Wildman–Crippen LogP) is 4.17. The van der Waals surface area contributed by atoms with Gasteiger partial charge in [-0.3, -0.25) is 0 Å². The van der Waals surface area contributed by atoms with Crippen molar-refractivity contribution in [2.24, 2.45) is 0 Å². The summed E-state index contributed by atoms with van der Waals surface area (Å²) in [7, 11) is 2.03. The van der Waals surface area contributed by atoms with E-state index in [0.717, 1.165) is 6.42 Å². The van der Waals surface area contributed by atoms with Crippen molar-refractivity contribution >= 4 is 0 Å². The van der Waals surface area contributed by atoms with Crippen LogP contribution in [0.5, 0.6) is 0 Å². The second-order valence-electron chi connectivity index (χ2n) is 5.16. The Hall–Kier alpha value is -1.60. The standard InChI is InChI=1S/C18H23N/c1-5-15-7-6-8-16(12-15)18(19-4)17-10-9-13(2)14(3)11-17/h6-12,18-19H,5H2,1-4H3. The highest BCUT2D eigenvalue weighted by atomic mass is 14.9. The van der Waals surface area contributed by atoms with Gasteiger partial charge in [0.1, 0.15) is 0 Å². The van der Waals surface area contributed by atoms with Gasteiger partial charge in [0.25, 0.3) is 0 Å². The molecule has 0 saturated heterocycles. The summed E-state index contributed by atoms with van der Waals surface area (Å²) in [4.78, 5) is 0. The van der Waals surface area contributed by atoms with Crippen molar-refractivity contribution in [2.45, 2.75) is 33.2 Å². The lowest BCUT2D eigenvalue weighted by Gasteiger charge is -2.19. The molecule has 0 bridgehead atoms. The topological polar surface area (TPSA) is 12.0 Å². The average molecular weight is 253 g/mol. The molecule has 1 nitrogen and oxygen atoms in total. The average Bonchev–Trinajstić information content (AvgIpc) is 2.44. The Kier molecular flexibility index (Phi) is 4.39. The molecule has 1 atom stereocenters. The lowest BCUT2D eigenvalue weighted by atomic mass is 9.94. The maximum Gasteiger partial charge on any atom is 0.0574 e. The molecule has 0 aliphatic rings. The SMILES string of the molecule is CCc1cccc(C(NC)c2ccc(C)c(C)c2)c1. The molecule has 1 N–H and O–H groups in total. The Morgan fingerprint density at radius 1 is 0.947 bits per heavy atom. The first-order valence-corrected chi connectivity index (χ1v) is 6.99. The van der Waals surface area contributed by atoms with Gasteiger partial charge in [-0.05, 0) is 55.1 Å². The van der Waals surface area contributed by atoms with Gasteiger partial charge in [0, 0.05) is 0 Å². The molecular formula is C18H23N. The minimum atomic E-state index is 0.269. The third-order valence-corrected chi connectivity index (χ3v) is 3.85. The number of aryl methyl sites for hydroxylation is 3. The lowest BCUT2D eigenvalue weighted by molar-refractivity contribution is 0.690. The molecule has 2 aromatic rings. The van der Waals surface area contributed by atoms with Gasteiger partial charge in [-0.15, -0.1) is 0 Å². The molecule has 0 heterocycles. The first-order chi connectivity index (χ1) is 9.15. The Morgan fingerprint density at radius 3 is 2.32 bits per heavy atom. The Balaban J connectivity index is 2.40. The van der Waals surface area contributed by atoms with Crippen LogP contribution >= 0.6 is 0 Å². The molecule has 0 aliphatic heterocycles. The van der Waals surface area contributed by atoms with Crippen molar-refractivity contribution in [3.8, 4) is 0 Å². The number of hydrogen-bond donors (Lipinski definition) is 1. The molecule has 0 fully saturated rings. The highest BCUT2D eigenvalue weighted by Crippen LogP contribution is 2.24. The Morgan fingerprint density at radius 2 is 1.68 bits per heavy atom. The first-order valence-electron chi connectivity index (χ1n) is 6.99. The van der Waals surface area contributed by atoms with Crippen LogP contribution in [0.3, 0.4) is 0 Å². The van der Waals surface area contributed by atoms with E-state index in [1.807, 2.05) is 7.05 Å². The Bertz CT molecular complexity index is 557. The molecule has 1 unspecified atom stereocenters. The molecule has 0 spiro atoms. The van der Waals surface area contributed by atoms with E-state index in [0.29, 0.717) is 0 Å². The van der Waals surface area contributed by atoms with Gasteiger partial charge in [0.2, 0.25) is 0 Å². The van der Waals surface area contributed by atoms with E-state index in [4.69, 9.17) is 0 Å². The summed E-state index contributed by atoms with van der Waals surface area (Å²) in [5.41, 5.74) is 6.76. The summed E-state index contributed by atoms with van der Waals surface area (Å²) < 4.78 is 0. The monoisotopic (exact) mass is 253 g/mol. The molecule has 2 rings (SSSR count). The molecule has 0 saturated carbocycles. The van der Waals surface area contributed by atoms with Crippen LogP contribution in [0.1, 0.15) is 40.8 Å². The van der Waals surface area contributed by atoms with Gasteiger partial charge in [-0.2, -0.15) is 0 Å². The molecular weight excluding hydrogens is 230 g/mol. The maximum atomic E-state index is 3.43. The van der Waals surface area contributed by atoms with Gasteiger partial charge in [0.05, 0.1) is 6.04 Å². The van der Waals surface area contributed by atoms with E-state index < -0.39 is 0 Å². The Labute approximate surface area is 116 Å². The van der Waals surface area contributed by atoms with Crippen LogP contribution in [-0.4, -0.2) is 7.05 Å². The van der Waals surface area contributed by atoms with Gasteiger partial charge in [-0.25, -0.2) is 0 Å². The fraction of sp³-hybridized carbons (Fsp3) is 0.333. The van der Waals surface area contributed by atoms with Crippen LogP contribution in [0.2, 0.25) is 0 Å². The van der Waals surface area contributed by atoms with Crippen molar-refractivity contribution in [3.05, 3.63) is 70.3 Å². The van der Waals surface area contributed by atoms with Gasteiger partial charge >= 0.3 is 0 Å². The van der Waals surface area contributed by atoms with E-state index in [-0.39, 0.29) is 6.04 Å². The summed E-state index contributed by atoms with van der Waals surface area (Å²) >= 11 is 0. The van der Waals surface area contributed by atoms with Crippen LogP contribution < -0.4 is 5.32 Å². The highest BCUT2D eigenvalue weighted by molar-refractivity contribution is 5.38. The van der Waals surface area contributed by atoms with Crippen LogP contribution in [-0.2, 0) is 6.42 Å². The maximum absolute atomic E-state index is 3.43. The fourth-order valence-electron chi connectivity index (χ4n) is 2.46. The van der Waals surface area contributed by atoms with Crippen LogP contribution in [0.15, 0.2) is 42.5 Å². The normalized spacial score (nSPS) is 12.4. The predicted molar refractivity (Wildman–Crippen MR) is 82.6 cm³/mol. The lowest BCUT2D eigenvalue weighted by Crippen LogP contribution is -2.18. The second-order valence-corrected chi connectivity index (χ2v) is 5.16. The van der Waals surface area contributed by atoms with Crippen LogP contribution in [0.25, 0.3) is 0 Å². The van der Waals surface area contributed by atoms with Crippen molar-refractivity contribution in [2.75, 3.05) is 7.05 Å². The molecule has 19 heavy (non-hydrogen) atoms. The zero-order valence-electron chi connectivity index (χ0n) is 12.3. The van der Waals surface area contributed by atoms with Gasteiger partial charge in [0.15, 0.2) is 0 Å². The molecule has 0 aliphatic carbocycles. The molecule has 100 valence electrons. The van der Waals surface area contributed by atoms with E-state index in [9.17, 15) is 0 Å². The molecule has 0 radical (unpaired) electrons. The largest absolute Gasteiger partial charge is 0.309 e. The molecule has 1 heteroatoms. The number of hydrogen-bond acceptors (Lipinski definition) is 1. The smallest absolute Gasteiger partial charge is 0.0574 e. The third kappa shape index (κ3) is 3.05. The quantitative estimate of drug-likeness (QED) is 0.862. The number of nitrogens with one attached hydrogen (secondary N) is 1. The van der Waals surface area contributed by atoms with Crippen LogP contribution in [0, 0.1) is 13.8 Å². The van der Waals surface area contributed by atoms with E-state index >= 15 is 0 Å². The van der Waals surface area contributed by atoms with Crippen molar-refractivity contribution in [1.29, 1.82) is 0 Å². The fourth-order valence-corrected chi connectivity index (χ4v) is 2.46. The van der Waals surface area contributed by atoms with Crippen molar-refractivity contribution in [3.63, 3.8) is 0 Å². The zero-order valence-corrected chi connectivity index (χ0v) is 12.3. The second kappa shape index (κ2) is 6.03. The minimum Gasteiger partial charge on any atom is -0.309 e. The summed E-state index contributed by atoms with van der Waals surface area (Å²) in [5, 5.41) is 3.43. The number of benzene rings is 2. The van der Waals surface area contributed by atoms with Crippen LogP contribution in [0.4, 0.5) is 0 Å².